The summed E-state index contributed by atoms with van der Waals surface area (Å²) in [4.78, 5) is 21.0. The number of carbonyl (C=O) groups excluding carboxylic acids is 1. The molecule has 1 aliphatic heterocycles. The number of nitrogens with one attached hydrogen (secondary N) is 1. The number of pyridine rings is 1. The standard InChI is InChI=1S/C20H26N4O/c1-2-24(20(25)22-14-17-8-11-21-12-9-17)19-10-13-23(16-19)15-18-6-4-3-5-7-18/h3-9,11-12,19H,2,10,13-16H2,1H3,(H,22,25)/t19-/m0/s1. The van der Waals surface area contributed by atoms with Gasteiger partial charge in [-0.25, -0.2) is 4.79 Å². The number of likely N-dealkylation sites (tertiary alicyclic amines) is 1. The Morgan fingerprint density at radius 3 is 2.68 bits per heavy atom. The van der Waals surface area contributed by atoms with Crippen LogP contribution in [0, 0.1) is 0 Å². The third-order valence-corrected chi connectivity index (χ3v) is 4.73. The molecule has 2 aromatic rings. The maximum absolute atomic E-state index is 12.6. The van der Waals surface area contributed by atoms with Crippen molar-refractivity contribution < 1.29 is 4.79 Å². The second-order valence-electron chi connectivity index (χ2n) is 6.46. The first-order valence-electron chi connectivity index (χ1n) is 8.96. The maximum Gasteiger partial charge on any atom is 0.317 e. The van der Waals surface area contributed by atoms with E-state index in [2.05, 4.69) is 39.5 Å². The van der Waals surface area contributed by atoms with Gasteiger partial charge in [0.05, 0.1) is 0 Å². The maximum atomic E-state index is 12.6. The van der Waals surface area contributed by atoms with Crippen molar-refractivity contribution in [1.29, 1.82) is 0 Å². The normalized spacial score (nSPS) is 17.4. The fraction of sp³-hybridized carbons (Fsp3) is 0.400. The molecule has 1 saturated heterocycles. The van der Waals surface area contributed by atoms with Gasteiger partial charge in [0.25, 0.3) is 0 Å². The number of aromatic nitrogens is 1. The first-order valence-corrected chi connectivity index (χ1v) is 8.96. The third kappa shape index (κ3) is 4.79. The Hall–Kier alpha value is -2.40. The fourth-order valence-corrected chi connectivity index (χ4v) is 3.40. The number of hydrogen-bond donors (Lipinski definition) is 1. The molecule has 1 atom stereocenters. The molecule has 1 aliphatic rings. The smallest absolute Gasteiger partial charge is 0.317 e. The molecule has 0 bridgehead atoms. The van der Waals surface area contributed by atoms with Gasteiger partial charge in [0.1, 0.15) is 0 Å². The molecular weight excluding hydrogens is 312 g/mol. The Bertz CT molecular complexity index is 662. The van der Waals surface area contributed by atoms with Crippen LogP contribution >= 0.6 is 0 Å². The number of urea groups is 1. The molecule has 1 aromatic carbocycles. The lowest BCUT2D eigenvalue weighted by Crippen LogP contribution is -2.46. The highest BCUT2D eigenvalue weighted by atomic mass is 16.2. The number of likely N-dealkylation sites (N-methyl/N-ethyl adjacent to an activating group) is 1. The average Bonchev–Trinajstić information content (AvgIpc) is 3.10. The van der Waals surface area contributed by atoms with E-state index >= 15 is 0 Å². The zero-order valence-electron chi connectivity index (χ0n) is 14.8. The molecule has 0 aliphatic carbocycles. The van der Waals surface area contributed by atoms with E-state index in [1.165, 1.54) is 5.56 Å². The zero-order chi connectivity index (χ0) is 17.5. The summed E-state index contributed by atoms with van der Waals surface area (Å²) in [6.45, 7) is 6.24. The van der Waals surface area contributed by atoms with Crippen molar-refractivity contribution >= 4 is 6.03 Å². The molecule has 0 saturated carbocycles. The fourth-order valence-electron chi connectivity index (χ4n) is 3.40. The summed E-state index contributed by atoms with van der Waals surface area (Å²) in [5.74, 6) is 0. The van der Waals surface area contributed by atoms with Gasteiger partial charge in [0.15, 0.2) is 0 Å². The molecule has 3 rings (SSSR count). The monoisotopic (exact) mass is 338 g/mol. The van der Waals surface area contributed by atoms with Crippen LogP contribution in [-0.4, -0.2) is 46.5 Å². The predicted molar refractivity (Wildman–Crippen MR) is 99.0 cm³/mol. The number of nitrogens with zero attached hydrogens (tertiary/aromatic N) is 3. The van der Waals surface area contributed by atoms with E-state index in [0.29, 0.717) is 6.54 Å². The van der Waals surface area contributed by atoms with Crippen LogP contribution in [0.3, 0.4) is 0 Å². The molecule has 1 fully saturated rings. The SMILES string of the molecule is CCN(C(=O)NCc1ccncc1)[C@H]1CCN(Cc2ccccc2)C1. The van der Waals surface area contributed by atoms with E-state index in [1.807, 2.05) is 30.0 Å². The zero-order valence-corrected chi connectivity index (χ0v) is 14.8. The molecule has 1 N–H and O–H groups in total. The van der Waals surface area contributed by atoms with Crippen LogP contribution in [0.25, 0.3) is 0 Å². The lowest BCUT2D eigenvalue weighted by atomic mass is 10.2. The highest BCUT2D eigenvalue weighted by molar-refractivity contribution is 5.74. The Balaban J connectivity index is 1.51. The molecule has 5 heteroatoms. The van der Waals surface area contributed by atoms with Crippen molar-refractivity contribution in [2.45, 2.75) is 32.5 Å². The highest BCUT2D eigenvalue weighted by Gasteiger charge is 2.29. The second kappa shape index (κ2) is 8.62. The minimum absolute atomic E-state index is 0.0193. The van der Waals surface area contributed by atoms with Crippen LogP contribution < -0.4 is 5.32 Å². The Morgan fingerprint density at radius 2 is 1.96 bits per heavy atom. The largest absolute Gasteiger partial charge is 0.334 e. The van der Waals surface area contributed by atoms with E-state index in [9.17, 15) is 4.79 Å². The average molecular weight is 338 g/mol. The number of amides is 2. The van der Waals surface area contributed by atoms with Crippen molar-refractivity contribution in [3.63, 3.8) is 0 Å². The van der Waals surface area contributed by atoms with Gasteiger partial charge in [0, 0.05) is 51.2 Å². The van der Waals surface area contributed by atoms with Crippen molar-refractivity contribution in [3.8, 4) is 0 Å². The molecule has 2 heterocycles. The van der Waals surface area contributed by atoms with Crippen molar-refractivity contribution in [3.05, 3.63) is 66.0 Å². The summed E-state index contributed by atoms with van der Waals surface area (Å²) in [5.41, 5.74) is 2.39. The van der Waals surface area contributed by atoms with Crippen molar-refractivity contribution in [2.75, 3.05) is 19.6 Å². The van der Waals surface area contributed by atoms with Crippen LogP contribution in [0.5, 0.6) is 0 Å². The molecule has 2 amide bonds. The number of carbonyl (C=O) groups is 1. The molecule has 0 spiro atoms. The molecule has 25 heavy (non-hydrogen) atoms. The van der Waals surface area contributed by atoms with Gasteiger partial charge in [-0.3, -0.25) is 9.88 Å². The topological polar surface area (TPSA) is 48.5 Å². The third-order valence-electron chi connectivity index (χ3n) is 4.73. The molecule has 0 radical (unpaired) electrons. The minimum Gasteiger partial charge on any atom is -0.334 e. The highest BCUT2D eigenvalue weighted by Crippen LogP contribution is 2.18. The summed E-state index contributed by atoms with van der Waals surface area (Å²) in [6.07, 6.45) is 4.53. The van der Waals surface area contributed by atoms with Gasteiger partial charge in [0.2, 0.25) is 0 Å². The number of benzene rings is 1. The van der Waals surface area contributed by atoms with E-state index in [0.717, 1.165) is 38.2 Å². The van der Waals surface area contributed by atoms with Crippen LogP contribution in [0.4, 0.5) is 4.79 Å². The van der Waals surface area contributed by atoms with Crippen molar-refractivity contribution in [1.82, 2.24) is 20.1 Å². The van der Waals surface area contributed by atoms with Crippen LogP contribution in [0.15, 0.2) is 54.9 Å². The second-order valence-corrected chi connectivity index (χ2v) is 6.46. The molecule has 132 valence electrons. The quantitative estimate of drug-likeness (QED) is 0.881. The Labute approximate surface area is 149 Å². The summed E-state index contributed by atoms with van der Waals surface area (Å²) in [5, 5.41) is 3.03. The van der Waals surface area contributed by atoms with Crippen molar-refractivity contribution in [2.24, 2.45) is 0 Å². The van der Waals surface area contributed by atoms with Gasteiger partial charge in [-0.15, -0.1) is 0 Å². The van der Waals surface area contributed by atoms with Gasteiger partial charge in [-0.1, -0.05) is 30.3 Å². The lowest BCUT2D eigenvalue weighted by molar-refractivity contribution is 0.176. The number of rotatable bonds is 6. The van der Waals surface area contributed by atoms with E-state index in [4.69, 9.17) is 0 Å². The van der Waals surface area contributed by atoms with Gasteiger partial charge < -0.3 is 10.2 Å². The predicted octanol–water partition coefficient (Wildman–Crippen LogP) is 2.89. The summed E-state index contributed by atoms with van der Waals surface area (Å²) < 4.78 is 0. The minimum atomic E-state index is 0.0193. The van der Waals surface area contributed by atoms with Crippen LogP contribution in [0.1, 0.15) is 24.5 Å². The lowest BCUT2D eigenvalue weighted by Gasteiger charge is -2.28. The first-order chi connectivity index (χ1) is 12.3. The van der Waals surface area contributed by atoms with E-state index < -0.39 is 0 Å². The molecular formula is C20H26N4O. The Kier molecular flexibility index (Phi) is 6.01. The molecule has 5 nitrogen and oxygen atoms in total. The molecule has 0 unspecified atom stereocenters. The summed E-state index contributed by atoms with van der Waals surface area (Å²) in [6, 6.07) is 14.7. The first kappa shape index (κ1) is 17.4. The van der Waals surface area contributed by atoms with Gasteiger partial charge in [-0.2, -0.15) is 0 Å². The van der Waals surface area contributed by atoms with E-state index in [1.54, 1.807) is 12.4 Å². The van der Waals surface area contributed by atoms with Crippen LogP contribution in [0.2, 0.25) is 0 Å². The Morgan fingerprint density at radius 1 is 1.20 bits per heavy atom. The van der Waals surface area contributed by atoms with E-state index in [-0.39, 0.29) is 12.1 Å². The molecule has 1 aromatic heterocycles. The van der Waals surface area contributed by atoms with Crippen LogP contribution in [-0.2, 0) is 13.1 Å². The van der Waals surface area contributed by atoms with Gasteiger partial charge in [-0.05, 0) is 36.6 Å². The van der Waals surface area contributed by atoms with Gasteiger partial charge >= 0.3 is 6.03 Å². The summed E-state index contributed by atoms with van der Waals surface area (Å²) in [7, 11) is 0. The number of hydrogen-bond acceptors (Lipinski definition) is 3. The summed E-state index contributed by atoms with van der Waals surface area (Å²) >= 11 is 0.